The lowest BCUT2D eigenvalue weighted by molar-refractivity contribution is 0.250. The number of hydrogen-bond acceptors (Lipinski definition) is 1. The quantitative estimate of drug-likeness (QED) is 0.266. The van der Waals surface area contributed by atoms with E-state index in [1.165, 1.54) is 6.08 Å². The van der Waals surface area contributed by atoms with Gasteiger partial charge in [0, 0.05) is 6.54 Å². The van der Waals surface area contributed by atoms with Crippen molar-refractivity contribution < 1.29 is 4.79 Å². The summed E-state index contributed by atoms with van der Waals surface area (Å²) >= 11 is 0. The summed E-state index contributed by atoms with van der Waals surface area (Å²) in [5.74, 6) is -0.249. The van der Waals surface area contributed by atoms with Crippen LogP contribution in [0.15, 0.2) is 17.6 Å². The van der Waals surface area contributed by atoms with Gasteiger partial charge < -0.3 is 16.8 Å². The topological polar surface area (TPSA) is 93.5 Å². The number of urea groups is 1. The molecule has 0 saturated heterocycles. The predicted octanol–water partition coefficient (Wildman–Crippen LogP) is -0.845. The van der Waals surface area contributed by atoms with Gasteiger partial charge in [0.15, 0.2) is 5.96 Å². The van der Waals surface area contributed by atoms with Crippen LogP contribution in [0, 0.1) is 0 Å². The van der Waals surface area contributed by atoms with Crippen molar-refractivity contribution in [2.24, 2.45) is 16.5 Å². The smallest absolute Gasteiger partial charge is 0.344 e. The Morgan fingerprint density at radius 2 is 2.30 bits per heavy atom. The molecule has 0 spiro atoms. The van der Waals surface area contributed by atoms with Crippen LogP contribution < -0.4 is 16.8 Å². The van der Waals surface area contributed by atoms with E-state index < -0.39 is 6.03 Å². The van der Waals surface area contributed by atoms with Crippen LogP contribution in [0.3, 0.4) is 0 Å². The minimum absolute atomic E-state index is 0.249. The predicted molar refractivity (Wildman–Crippen MR) is 39.4 cm³/mol. The summed E-state index contributed by atoms with van der Waals surface area (Å²) in [4.78, 5) is 13.7. The fraction of sp³-hybridized carbons (Fsp3) is 0.200. The molecule has 0 aliphatic carbocycles. The SMILES string of the molecule is C=CCNC(=O)N=C(N)N. The molecule has 56 valence electrons. The van der Waals surface area contributed by atoms with Crippen LogP contribution in [0.2, 0.25) is 0 Å². The number of nitrogens with zero attached hydrogens (tertiary/aromatic N) is 1. The molecular weight excluding hydrogens is 132 g/mol. The van der Waals surface area contributed by atoms with Crippen LogP contribution in [-0.4, -0.2) is 18.5 Å². The highest BCUT2D eigenvalue weighted by Gasteiger charge is 1.92. The molecular formula is C5H10N4O. The summed E-state index contributed by atoms with van der Waals surface area (Å²) < 4.78 is 0. The number of guanidine groups is 1. The number of rotatable bonds is 2. The molecule has 0 radical (unpaired) electrons. The number of nitrogens with two attached hydrogens (primary N) is 2. The molecule has 0 aromatic heterocycles. The highest BCUT2D eigenvalue weighted by Crippen LogP contribution is 1.71. The van der Waals surface area contributed by atoms with Crippen LogP contribution in [0.25, 0.3) is 0 Å². The molecule has 0 unspecified atom stereocenters. The number of carbonyl (C=O) groups excluding carboxylic acids is 1. The van der Waals surface area contributed by atoms with Crippen molar-refractivity contribution >= 4 is 12.0 Å². The van der Waals surface area contributed by atoms with Crippen LogP contribution in [-0.2, 0) is 0 Å². The second-order valence-electron chi connectivity index (χ2n) is 1.51. The number of hydrogen-bond donors (Lipinski definition) is 3. The summed E-state index contributed by atoms with van der Waals surface area (Å²) in [6, 6.07) is -0.556. The van der Waals surface area contributed by atoms with Gasteiger partial charge in [0.05, 0.1) is 0 Å². The molecule has 5 N–H and O–H groups in total. The molecule has 0 aromatic carbocycles. The van der Waals surface area contributed by atoms with E-state index in [0.717, 1.165) is 0 Å². The molecule has 0 heterocycles. The summed E-state index contributed by atoms with van der Waals surface area (Å²) in [6.45, 7) is 3.74. The molecule has 0 fully saturated rings. The van der Waals surface area contributed by atoms with E-state index in [1.54, 1.807) is 0 Å². The Morgan fingerprint density at radius 3 is 2.70 bits per heavy atom. The van der Waals surface area contributed by atoms with Gasteiger partial charge in [0.25, 0.3) is 0 Å². The average molecular weight is 142 g/mol. The van der Waals surface area contributed by atoms with Gasteiger partial charge in [-0.3, -0.25) is 0 Å². The number of carbonyl (C=O) groups is 1. The largest absolute Gasteiger partial charge is 0.370 e. The Balaban J connectivity index is 3.64. The third-order valence-corrected chi connectivity index (χ3v) is 0.628. The monoisotopic (exact) mass is 142 g/mol. The molecule has 0 aliphatic rings. The first-order chi connectivity index (χ1) is 4.66. The molecule has 5 heteroatoms. The lowest BCUT2D eigenvalue weighted by atomic mass is 10.6. The van der Waals surface area contributed by atoms with Crippen LogP contribution >= 0.6 is 0 Å². The molecule has 0 atom stereocenters. The normalized spacial score (nSPS) is 8.00. The molecule has 5 nitrogen and oxygen atoms in total. The first kappa shape index (κ1) is 8.48. The van der Waals surface area contributed by atoms with Gasteiger partial charge in [-0.1, -0.05) is 6.08 Å². The number of aliphatic imine (C=N–C) groups is 1. The minimum atomic E-state index is -0.556. The molecule has 0 aliphatic heterocycles. The Labute approximate surface area is 58.8 Å². The van der Waals surface area contributed by atoms with Gasteiger partial charge in [0.2, 0.25) is 0 Å². The Hall–Kier alpha value is -1.52. The second-order valence-corrected chi connectivity index (χ2v) is 1.51. The van der Waals surface area contributed by atoms with E-state index in [4.69, 9.17) is 11.5 Å². The van der Waals surface area contributed by atoms with Gasteiger partial charge in [-0.05, 0) is 0 Å². The maximum atomic E-state index is 10.5. The van der Waals surface area contributed by atoms with Gasteiger partial charge in [-0.2, -0.15) is 4.99 Å². The van der Waals surface area contributed by atoms with Gasteiger partial charge in [-0.25, -0.2) is 4.79 Å². The number of nitrogens with one attached hydrogen (secondary N) is 1. The van der Waals surface area contributed by atoms with E-state index in [1.807, 2.05) is 0 Å². The maximum absolute atomic E-state index is 10.5. The second kappa shape index (κ2) is 4.37. The number of amides is 2. The molecule has 0 saturated carbocycles. The summed E-state index contributed by atoms with van der Waals surface area (Å²) in [5, 5.41) is 2.36. The summed E-state index contributed by atoms with van der Waals surface area (Å²) in [7, 11) is 0. The van der Waals surface area contributed by atoms with Crippen LogP contribution in [0.1, 0.15) is 0 Å². The Bertz CT molecular complexity index is 159. The molecule has 0 aromatic rings. The first-order valence-corrected chi connectivity index (χ1v) is 2.65. The van der Waals surface area contributed by atoms with Crippen LogP contribution in [0.5, 0.6) is 0 Å². The fourth-order valence-electron chi connectivity index (χ4n) is 0.316. The average Bonchev–Trinajstić information content (AvgIpc) is 1.82. The third-order valence-electron chi connectivity index (χ3n) is 0.628. The molecule has 0 rings (SSSR count). The maximum Gasteiger partial charge on any atom is 0.344 e. The summed E-state index contributed by atoms with van der Waals surface area (Å²) in [6.07, 6.45) is 1.53. The van der Waals surface area contributed by atoms with Crippen molar-refractivity contribution in [2.75, 3.05) is 6.54 Å². The lowest BCUT2D eigenvalue weighted by Crippen LogP contribution is -2.28. The molecule has 0 bridgehead atoms. The zero-order valence-corrected chi connectivity index (χ0v) is 5.50. The lowest BCUT2D eigenvalue weighted by Gasteiger charge is -1.94. The van der Waals surface area contributed by atoms with Crippen molar-refractivity contribution in [3.63, 3.8) is 0 Å². The van der Waals surface area contributed by atoms with E-state index in [0.29, 0.717) is 6.54 Å². The zero-order chi connectivity index (χ0) is 7.98. The van der Waals surface area contributed by atoms with Crippen molar-refractivity contribution in [3.8, 4) is 0 Å². The van der Waals surface area contributed by atoms with Gasteiger partial charge in [-0.15, -0.1) is 6.58 Å². The highest BCUT2D eigenvalue weighted by molar-refractivity contribution is 5.90. The standard InChI is InChI=1S/C5H10N4O/c1-2-3-8-5(10)9-4(6)7/h2H,1,3H2,(H5,6,7,8,9,10). The zero-order valence-electron chi connectivity index (χ0n) is 5.50. The Morgan fingerprint density at radius 1 is 1.70 bits per heavy atom. The van der Waals surface area contributed by atoms with Gasteiger partial charge in [0.1, 0.15) is 0 Å². The van der Waals surface area contributed by atoms with E-state index >= 15 is 0 Å². The minimum Gasteiger partial charge on any atom is -0.370 e. The van der Waals surface area contributed by atoms with Gasteiger partial charge >= 0.3 is 6.03 Å². The highest BCUT2D eigenvalue weighted by atomic mass is 16.2. The molecule has 10 heavy (non-hydrogen) atoms. The van der Waals surface area contributed by atoms with E-state index in [2.05, 4.69) is 16.9 Å². The van der Waals surface area contributed by atoms with Crippen molar-refractivity contribution in [1.29, 1.82) is 0 Å². The van der Waals surface area contributed by atoms with E-state index in [9.17, 15) is 4.79 Å². The van der Waals surface area contributed by atoms with E-state index in [-0.39, 0.29) is 5.96 Å². The third kappa shape index (κ3) is 4.63. The van der Waals surface area contributed by atoms with Crippen molar-refractivity contribution in [2.45, 2.75) is 0 Å². The fourth-order valence-corrected chi connectivity index (χ4v) is 0.316. The summed E-state index contributed by atoms with van der Waals surface area (Å²) in [5.41, 5.74) is 9.81. The van der Waals surface area contributed by atoms with Crippen molar-refractivity contribution in [1.82, 2.24) is 5.32 Å². The van der Waals surface area contributed by atoms with Crippen LogP contribution in [0.4, 0.5) is 4.79 Å². The Kier molecular flexibility index (Phi) is 3.70. The van der Waals surface area contributed by atoms with Crippen molar-refractivity contribution in [3.05, 3.63) is 12.7 Å². The molecule has 2 amide bonds. The first-order valence-electron chi connectivity index (χ1n) is 2.65.